The van der Waals surface area contributed by atoms with Crippen LogP contribution < -0.4 is 11.0 Å². The van der Waals surface area contributed by atoms with Gasteiger partial charge in [0.2, 0.25) is 0 Å². The Labute approximate surface area is 180 Å². The maximum Gasteiger partial charge on any atom is 0.350 e. The van der Waals surface area contributed by atoms with E-state index in [0.29, 0.717) is 12.2 Å². The van der Waals surface area contributed by atoms with E-state index >= 15 is 0 Å². The summed E-state index contributed by atoms with van der Waals surface area (Å²) in [5, 5.41) is 16.8. The van der Waals surface area contributed by atoms with E-state index in [1.165, 1.54) is 15.8 Å². The number of halogens is 1. The number of aliphatic carboxylic acids is 1. The summed E-state index contributed by atoms with van der Waals surface area (Å²) in [5.41, 5.74) is 4.92. The zero-order chi connectivity index (χ0) is 20.4. The van der Waals surface area contributed by atoms with Gasteiger partial charge < -0.3 is 10.4 Å². The third kappa shape index (κ3) is 4.47. The minimum atomic E-state index is -0.813. The average Bonchev–Trinajstić information content (AvgIpc) is 2.89. The molecule has 0 bridgehead atoms. The third-order valence-corrected chi connectivity index (χ3v) is 5.40. The lowest BCUT2D eigenvalue weighted by Crippen LogP contribution is -2.22. The number of aromatic nitrogens is 3. The smallest absolute Gasteiger partial charge is 0.350 e. The Morgan fingerprint density at radius 3 is 2.50 bits per heavy atom. The van der Waals surface area contributed by atoms with Crippen molar-refractivity contribution in [2.45, 2.75) is 25.7 Å². The fourth-order valence-corrected chi connectivity index (χ4v) is 3.72. The molecule has 0 radical (unpaired) electrons. The fourth-order valence-electron chi connectivity index (χ4n) is 3.72. The van der Waals surface area contributed by atoms with Crippen LogP contribution in [0.15, 0.2) is 47.3 Å². The zero-order valence-electron chi connectivity index (χ0n) is 16.8. The number of rotatable bonds is 5. The molecule has 0 aliphatic carbocycles. The van der Waals surface area contributed by atoms with Crippen LogP contribution in [0.3, 0.4) is 0 Å². The van der Waals surface area contributed by atoms with Crippen LogP contribution in [0.1, 0.15) is 23.1 Å². The molecule has 7 nitrogen and oxygen atoms in total. The standard InChI is InChI=1S/C22H24N4O3.ClH/c1-25-21(17-5-2-15(3-6-17)4-9-20(27)28)24-26(22(25)29)19-8-7-16-10-12-23-13-11-18(16)14-19;/h2-3,5-8,14,23H,4,9-13H2,1H3,(H,27,28);1H. The van der Waals surface area contributed by atoms with Crippen molar-refractivity contribution in [3.8, 4) is 17.1 Å². The molecule has 4 rings (SSSR count). The Morgan fingerprint density at radius 1 is 1.10 bits per heavy atom. The monoisotopic (exact) mass is 428 g/mol. The van der Waals surface area contributed by atoms with E-state index in [4.69, 9.17) is 5.11 Å². The van der Waals surface area contributed by atoms with Gasteiger partial charge in [0.25, 0.3) is 0 Å². The minimum absolute atomic E-state index is 0. The van der Waals surface area contributed by atoms with Crippen LogP contribution in [0.4, 0.5) is 0 Å². The number of hydrogen-bond acceptors (Lipinski definition) is 4. The van der Waals surface area contributed by atoms with E-state index < -0.39 is 5.97 Å². The van der Waals surface area contributed by atoms with Gasteiger partial charge >= 0.3 is 11.7 Å². The molecule has 0 amide bonds. The van der Waals surface area contributed by atoms with Crippen molar-refractivity contribution in [2.24, 2.45) is 7.05 Å². The number of aryl methyl sites for hydroxylation is 1. The van der Waals surface area contributed by atoms with Crippen LogP contribution >= 0.6 is 12.4 Å². The molecule has 158 valence electrons. The summed E-state index contributed by atoms with van der Waals surface area (Å²) >= 11 is 0. The molecule has 8 heteroatoms. The summed E-state index contributed by atoms with van der Waals surface area (Å²) in [5.74, 6) is -0.233. The Balaban J connectivity index is 0.00000256. The highest BCUT2D eigenvalue weighted by Crippen LogP contribution is 2.20. The van der Waals surface area contributed by atoms with Gasteiger partial charge in [-0.2, -0.15) is 4.68 Å². The van der Waals surface area contributed by atoms with Gasteiger partial charge in [-0.3, -0.25) is 9.36 Å². The molecule has 1 aliphatic rings. The molecule has 1 aromatic heterocycles. The SMILES string of the molecule is Cl.Cn1c(-c2ccc(CCC(=O)O)cc2)nn(-c2ccc3c(c2)CCNCC3)c1=O. The number of hydrogen-bond donors (Lipinski definition) is 2. The number of nitrogens with one attached hydrogen (secondary N) is 1. The second-order valence-corrected chi connectivity index (χ2v) is 7.37. The van der Waals surface area contributed by atoms with Crippen molar-refractivity contribution >= 4 is 18.4 Å². The Hall–Kier alpha value is -2.90. The maximum absolute atomic E-state index is 12.8. The highest BCUT2D eigenvalue weighted by atomic mass is 35.5. The Morgan fingerprint density at radius 2 is 1.80 bits per heavy atom. The molecule has 2 heterocycles. The van der Waals surface area contributed by atoms with Crippen LogP contribution in [0.2, 0.25) is 0 Å². The molecule has 0 unspecified atom stereocenters. The fraction of sp³-hybridized carbons (Fsp3) is 0.318. The van der Waals surface area contributed by atoms with Crippen LogP contribution in [0, 0.1) is 0 Å². The summed E-state index contributed by atoms with van der Waals surface area (Å²) in [6.07, 6.45) is 2.51. The van der Waals surface area contributed by atoms with E-state index in [9.17, 15) is 9.59 Å². The number of carbonyl (C=O) groups is 1. The van der Waals surface area contributed by atoms with Crippen molar-refractivity contribution in [3.63, 3.8) is 0 Å². The predicted molar refractivity (Wildman–Crippen MR) is 118 cm³/mol. The molecule has 0 saturated carbocycles. The quantitative estimate of drug-likeness (QED) is 0.651. The first kappa shape index (κ1) is 21.8. The largest absolute Gasteiger partial charge is 0.481 e. The molecule has 0 atom stereocenters. The number of carboxylic acids is 1. The van der Waals surface area contributed by atoms with Crippen LogP contribution in [-0.2, 0) is 31.1 Å². The lowest BCUT2D eigenvalue weighted by molar-refractivity contribution is -0.136. The summed E-state index contributed by atoms with van der Waals surface area (Å²) < 4.78 is 2.99. The van der Waals surface area contributed by atoms with Crippen LogP contribution in [0.25, 0.3) is 17.1 Å². The molecule has 3 aromatic rings. The average molecular weight is 429 g/mol. The first-order chi connectivity index (χ1) is 14.0. The van der Waals surface area contributed by atoms with E-state index in [1.54, 1.807) is 11.6 Å². The Bertz CT molecular complexity index is 1100. The minimum Gasteiger partial charge on any atom is -0.481 e. The molecule has 2 N–H and O–H groups in total. The van der Waals surface area contributed by atoms with Crippen LogP contribution in [0.5, 0.6) is 0 Å². The van der Waals surface area contributed by atoms with Gasteiger partial charge in [0.15, 0.2) is 5.82 Å². The molecule has 30 heavy (non-hydrogen) atoms. The van der Waals surface area contributed by atoms with E-state index in [1.807, 2.05) is 30.3 Å². The van der Waals surface area contributed by atoms with E-state index in [2.05, 4.69) is 22.5 Å². The highest BCUT2D eigenvalue weighted by molar-refractivity contribution is 5.85. The first-order valence-electron chi connectivity index (χ1n) is 9.83. The third-order valence-electron chi connectivity index (χ3n) is 5.40. The molecular weight excluding hydrogens is 404 g/mol. The molecule has 0 saturated heterocycles. The topological polar surface area (TPSA) is 89.2 Å². The van der Waals surface area contributed by atoms with Gasteiger partial charge in [0.1, 0.15) is 0 Å². The van der Waals surface area contributed by atoms with Crippen molar-refractivity contribution < 1.29 is 9.90 Å². The van der Waals surface area contributed by atoms with Gasteiger partial charge in [-0.25, -0.2) is 4.79 Å². The van der Waals surface area contributed by atoms with Crippen molar-refractivity contribution in [2.75, 3.05) is 13.1 Å². The van der Waals surface area contributed by atoms with Crippen molar-refractivity contribution in [1.29, 1.82) is 0 Å². The zero-order valence-corrected chi connectivity index (χ0v) is 17.6. The van der Waals surface area contributed by atoms with Gasteiger partial charge in [-0.05, 0) is 61.2 Å². The molecule has 0 fully saturated rings. The maximum atomic E-state index is 12.8. The number of fused-ring (bicyclic) bond motifs is 1. The van der Waals surface area contributed by atoms with Gasteiger partial charge in [-0.15, -0.1) is 17.5 Å². The lowest BCUT2D eigenvalue weighted by atomic mass is 10.0. The summed E-state index contributed by atoms with van der Waals surface area (Å²) in [4.78, 5) is 23.6. The highest BCUT2D eigenvalue weighted by Gasteiger charge is 2.15. The van der Waals surface area contributed by atoms with Crippen molar-refractivity contribution in [1.82, 2.24) is 19.7 Å². The van der Waals surface area contributed by atoms with E-state index in [0.717, 1.165) is 42.7 Å². The van der Waals surface area contributed by atoms with Gasteiger partial charge in [0, 0.05) is 19.0 Å². The summed E-state index contributed by atoms with van der Waals surface area (Å²) in [6.45, 7) is 1.91. The molecular formula is C22H25ClN4O3. The van der Waals surface area contributed by atoms with E-state index in [-0.39, 0.29) is 24.5 Å². The van der Waals surface area contributed by atoms with Crippen LogP contribution in [-0.4, -0.2) is 38.5 Å². The number of nitrogens with zero attached hydrogens (tertiary/aromatic N) is 3. The predicted octanol–water partition coefficient (Wildman–Crippen LogP) is 2.37. The molecule has 1 aliphatic heterocycles. The summed E-state index contributed by atoms with van der Waals surface area (Å²) in [6, 6.07) is 13.6. The van der Waals surface area contributed by atoms with Gasteiger partial charge in [-0.1, -0.05) is 30.3 Å². The summed E-state index contributed by atoms with van der Waals surface area (Å²) in [7, 11) is 1.72. The number of benzene rings is 2. The second-order valence-electron chi connectivity index (χ2n) is 7.37. The van der Waals surface area contributed by atoms with Gasteiger partial charge in [0.05, 0.1) is 5.69 Å². The normalized spacial score (nSPS) is 13.2. The molecule has 0 spiro atoms. The number of carboxylic acid groups (broad SMARTS) is 1. The Kier molecular flexibility index (Phi) is 6.74. The lowest BCUT2D eigenvalue weighted by Gasteiger charge is -2.07. The first-order valence-corrected chi connectivity index (χ1v) is 9.83. The second kappa shape index (κ2) is 9.28. The molecule has 2 aromatic carbocycles. The van der Waals surface area contributed by atoms with Crippen molar-refractivity contribution in [3.05, 3.63) is 69.6 Å².